The van der Waals surface area contributed by atoms with Crippen LogP contribution in [0.1, 0.15) is 28.2 Å². The summed E-state index contributed by atoms with van der Waals surface area (Å²) in [7, 11) is 0. The number of ether oxygens (including phenoxy) is 1. The van der Waals surface area contributed by atoms with Gasteiger partial charge in [-0.1, -0.05) is 131 Å². The summed E-state index contributed by atoms with van der Waals surface area (Å²) in [5.74, 6) is 0.0144. The average molecular weight is 550 g/mol. The highest BCUT2D eigenvalue weighted by molar-refractivity contribution is 9.10. The number of halogens is 1. The summed E-state index contributed by atoms with van der Waals surface area (Å²) in [6, 6.07) is 41.7. The number of hydrogen-bond donors (Lipinski definition) is 0. The molecule has 4 aromatic carbocycles. The molecule has 1 saturated heterocycles. The Morgan fingerprint density at radius 1 is 0.811 bits per heavy atom. The summed E-state index contributed by atoms with van der Waals surface area (Å²) >= 11 is 3.73. The van der Waals surface area contributed by atoms with Crippen molar-refractivity contribution in [3.05, 3.63) is 155 Å². The van der Waals surface area contributed by atoms with Gasteiger partial charge in [0, 0.05) is 23.0 Å². The van der Waals surface area contributed by atoms with Crippen LogP contribution in [0.4, 0.5) is 0 Å². The quantitative estimate of drug-likeness (QED) is 0.162. The van der Waals surface area contributed by atoms with Gasteiger partial charge in [0.15, 0.2) is 0 Å². The molecule has 0 bridgehead atoms. The summed E-state index contributed by atoms with van der Waals surface area (Å²) in [6.45, 7) is 5.02. The van der Waals surface area contributed by atoms with Gasteiger partial charge in [0.05, 0.1) is 12.7 Å². The Bertz CT molecular complexity index is 1270. The summed E-state index contributed by atoms with van der Waals surface area (Å²) in [5.41, 5.74) is 3.52. The van der Waals surface area contributed by atoms with Crippen molar-refractivity contribution >= 4 is 15.9 Å². The molecule has 4 aromatic rings. The van der Waals surface area contributed by atoms with E-state index in [1.165, 1.54) is 0 Å². The summed E-state index contributed by atoms with van der Waals surface area (Å²) in [5, 5.41) is 10.1. The van der Waals surface area contributed by atoms with Crippen LogP contribution in [0.25, 0.3) is 0 Å². The predicted octanol–water partition coefficient (Wildman–Crippen LogP) is 7.30. The molecule has 5 rings (SSSR count). The van der Waals surface area contributed by atoms with Crippen molar-refractivity contribution in [3.63, 3.8) is 0 Å². The Kier molecular flexibility index (Phi) is 7.67. The molecule has 0 spiro atoms. The van der Waals surface area contributed by atoms with Crippen LogP contribution >= 0.6 is 15.9 Å². The molecule has 0 radical (unpaired) electrons. The maximum absolute atomic E-state index is 10.1. The van der Waals surface area contributed by atoms with Crippen LogP contribution in [-0.2, 0) is 10.3 Å². The minimum absolute atomic E-state index is 0.0110. The molecule has 0 amide bonds. The lowest BCUT2D eigenvalue weighted by atomic mass is 9.75. The van der Waals surface area contributed by atoms with E-state index in [2.05, 4.69) is 112 Å². The predicted molar refractivity (Wildman–Crippen MR) is 152 cm³/mol. The van der Waals surface area contributed by atoms with Crippen molar-refractivity contribution in [1.29, 1.82) is 5.26 Å². The van der Waals surface area contributed by atoms with Gasteiger partial charge in [-0.3, -0.25) is 4.90 Å². The number of rotatable bonds is 9. The van der Waals surface area contributed by atoms with E-state index in [-0.39, 0.29) is 18.0 Å². The van der Waals surface area contributed by atoms with E-state index in [0.29, 0.717) is 13.2 Å². The Hall–Kier alpha value is -3.49. The van der Waals surface area contributed by atoms with E-state index >= 15 is 0 Å². The fourth-order valence-corrected chi connectivity index (χ4v) is 6.13. The monoisotopic (exact) mass is 548 g/mol. The highest BCUT2D eigenvalue weighted by Gasteiger charge is 2.51. The zero-order valence-corrected chi connectivity index (χ0v) is 22.2. The second-order valence-electron chi connectivity index (χ2n) is 9.26. The van der Waals surface area contributed by atoms with Crippen LogP contribution in [0.2, 0.25) is 0 Å². The van der Waals surface area contributed by atoms with E-state index < -0.39 is 5.60 Å². The highest BCUT2D eigenvalue weighted by Crippen LogP contribution is 2.46. The van der Waals surface area contributed by atoms with Crippen molar-refractivity contribution < 1.29 is 4.74 Å². The zero-order valence-electron chi connectivity index (χ0n) is 20.6. The average Bonchev–Trinajstić information content (AvgIpc) is 2.95. The van der Waals surface area contributed by atoms with Crippen LogP contribution < -0.4 is 0 Å². The van der Waals surface area contributed by atoms with Crippen molar-refractivity contribution in [2.75, 3.05) is 13.2 Å². The van der Waals surface area contributed by atoms with Crippen LogP contribution in [0.15, 0.2) is 132 Å². The minimum atomic E-state index is -0.806. The summed E-state index contributed by atoms with van der Waals surface area (Å²) < 4.78 is 8.17. The molecule has 0 aromatic heterocycles. The minimum Gasteiger partial charge on any atom is -0.359 e. The third kappa shape index (κ3) is 4.67. The first-order valence-corrected chi connectivity index (χ1v) is 13.3. The molecule has 0 saturated carbocycles. The first kappa shape index (κ1) is 25.2. The van der Waals surface area contributed by atoms with Gasteiger partial charge >= 0.3 is 0 Å². The Morgan fingerprint density at radius 2 is 1.30 bits per heavy atom. The van der Waals surface area contributed by atoms with Gasteiger partial charge in [-0.15, -0.1) is 6.58 Å². The molecule has 1 aliphatic rings. The molecule has 3 atom stereocenters. The van der Waals surface area contributed by atoms with E-state index in [4.69, 9.17) is 4.74 Å². The number of benzene rings is 4. The number of likely N-dealkylation sites (tertiary alicyclic amines) is 1. The second-order valence-corrected chi connectivity index (χ2v) is 10.1. The van der Waals surface area contributed by atoms with Gasteiger partial charge in [-0.05, 0) is 28.3 Å². The lowest BCUT2D eigenvalue weighted by Gasteiger charge is -2.53. The highest BCUT2D eigenvalue weighted by atomic mass is 79.9. The number of hydrogen-bond acceptors (Lipinski definition) is 3. The Labute approximate surface area is 227 Å². The number of nitriles is 1. The molecule has 184 valence electrons. The van der Waals surface area contributed by atoms with Gasteiger partial charge in [-0.25, -0.2) is 0 Å². The van der Waals surface area contributed by atoms with Crippen molar-refractivity contribution in [2.24, 2.45) is 0 Å². The fraction of sp³-hybridized carbons (Fsp3) is 0.182. The maximum atomic E-state index is 10.1. The lowest BCUT2D eigenvalue weighted by molar-refractivity contribution is -0.0752. The largest absolute Gasteiger partial charge is 0.359 e. The van der Waals surface area contributed by atoms with Crippen LogP contribution in [0.5, 0.6) is 0 Å². The lowest BCUT2D eigenvalue weighted by Crippen LogP contribution is -2.64. The smallest absolute Gasteiger partial charge is 0.143 e. The maximum Gasteiger partial charge on any atom is 0.143 e. The van der Waals surface area contributed by atoms with Crippen molar-refractivity contribution in [3.8, 4) is 6.07 Å². The van der Waals surface area contributed by atoms with Crippen LogP contribution in [0.3, 0.4) is 0 Å². The number of nitrogens with zero attached hydrogens (tertiary/aromatic N) is 2. The topological polar surface area (TPSA) is 36.3 Å². The van der Waals surface area contributed by atoms with E-state index in [0.717, 1.165) is 26.7 Å². The molecule has 1 aliphatic heterocycles. The third-order valence-corrected chi connectivity index (χ3v) is 8.01. The first-order valence-electron chi connectivity index (χ1n) is 12.5. The second kappa shape index (κ2) is 11.3. The summed E-state index contributed by atoms with van der Waals surface area (Å²) in [4.78, 5) is 2.20. The third-order valence-electron chi connectivity index (χ3n) is 7.29. The first-order chi connectivity index (χ1) is 18.2. The standard InChI is InChI=1S/C33H29BrN2O/c1-2-22-36-30(23-35)32(28-20-12-13-21-29(28)34)31(36)24-37-33(25-14-6-3-7-15-25,26-16-8-4-9-17-26)27-18-10-5-11-19-27/h2-21,30-32H,1,22,24H2/t30-,31+,32-/m1/s1. The van der Waals surface area contributed by atoms with E-state index in [1.807, 2.05) is 42.5 Å². The molecule has 0 aliphatic carbocycles. The molecule has 0 N–H and O–H groups in total. The zero-order chi connectivity index (χ0) is 25.7. The Morgan fingerprint density at radius 3 is 1.76 bits per heavy atom. The SMILES string of the molecule is C=CCN1[C@H](C#N)[C@@H](c2ccccc2Br)[C@@H]1COC(c1ccccc1)(c1ccccc1)c1ccccc1. The molecular formula is C33H29BrN2O. The molecule has 1 fully saturated rings. The molecule has 1 heterocycles. The molecule has 0 unspecified atom stereocenters. The van der Waals surface area contributed by atoms with Crippen LogP contribution in [-0.4, -0.2) is 30.1 Å². The van der Waals surface area contributed by atoms with Gasteiger partial charge in [0.25, 0.3) is 0 Å². The fourth-order valence-electron chi connectivity index (χ4n) is 5.58. The molecule has 3 nitrogen and oxygen atoms in total. The van der Waals surface area contributed by atoms with Gasteiger partial charge in [0.2, 0.25) is 0 Å². The van der Waals surface area contributed by atoms with E-state index in [1.54, 1.807) is 0 Å². The van der Waals surface area contributed by atoms with Crippen molar-refractivity contribution in [1.82, 2.24) is 4.90 Å². The van der Waals surface area contributed by atoms with Gasteiger partial charge in [0.1, 0.15) is 11.6 Å². The van der Waals surface area contributed by atoms with Gasteiger partial charge < -0.3 is 4.74 Å². The normalized spacial score (nSPS) is 19.5. The Balaban J connectivity index is 1.60. The molecular weight excluding hydrogens is 520 g/mol. The van der Waals surface area contributed by atoms with Gasteiger partial charge in [-0.2, -0.15) is 5.26 Å². The summed E-state index contributed by atoms with van der Waals surface area (Å²) in [6.07, 6.45) is 1.87. The van der Waals surface area contributed by atoms with Crippen LogP contribution in [0, 0.1) is 11.3 Å². The van der Waals surface area contributed by atoms with E-state index in [9.17, 15) is 5.26 Å². The van der Waals surface area contributed by atoms with Crippen molar-refractivity contribution in [2.45, 2.75) is 23.6 Å². The molecule has 37 heavy (non-hydrogen) atoms. The molecule has 4 heteroatoms.